The minimum absolute atomic E-state index is 0.105. The quantitative estimate of drug-likeness (QED) is 0.845. The van der Waals surface area contributed by atoms with Crippen LogP contribution in [0.5, 0.6) is 0 Å². The molecule has 1 N–H and O–H groups in total. The number of nitrogens with zero attached hydrogens (tertiary/aromatic N) is 2. The Bertz CT molecular complexity index is 371. The van der Waals surface area contributed by atoms with Crippen molar-refractivity contribution in [1.82, 2.24) is 15.2 Å². The van der Waals surface area contributed by atoms with Gasteiger partial charge in [-0.25, -0.2) is 4.98 Å². The highest BCUT2D eigenvalue weighted by atomic mass is 32.1. The summed E-state index contributed by atoms with van der Waals surface area (Å²) in [4.78, 5) is 18.9. The lowest BCUT2D eigenvalue weighted by atomic mass is 10.1. The number of amides is 1. The summed E-state index contributed by atoms with van der Waals surface area (Å²) in [6.07, 6.45) is 2.23. The van der Waals surface area contributed by atoms with Crippen molar-refractivity contribution in [3.8, 4) is 0 Å². The third kappa shape index (κ3) is 2.25. The minimum atomic E-state index is 0.105. The van der Waals surface area contributed by atoms with Gasteiger partial charge >= 0.3 is 0 Å². The molecule has 5 heteroatoms. The van der Waals surface area contributed by atoms with Crippen LogP contribution in [0.1, 0.15) is 28.2 Å². The highest BCUT2D eigenvalue weighted by Gasteiger charge is 2.24. The van der Waals surface area contributed by atoms with E-state index in [0.717, 1.165) is 36.5 Å². The number of aryl methyl sites for hydroxylation is 1. The van der Waals surface area contributed by atoms with E-state index in [-0.39, 0.29) is 5.91 Å². The molecule has 4 nitrogen and oxygen atoms in total. The zero-order valence-electron chi connectivity index (χ0n) is 9.69. The second-order valence-corrected chi connectivity index (χ2v) is 5.04. The van der Waals surface area contributed by atoms with Crippen molar-refractivity contribution in [3.63, 3.8) is 0 Å². The fourth-order valence-corrected chi connectivity index (χ4v) is 2.78. The van der Waals surface area contributed by atoms with E-state index in [1.54, 1.807) is 5.51 Å². The summed E-state index contributed by atoms with van der Waals surface area (Å²) in [5, 5.41) is 3.32. The van der Waals surface area contributed by atoms with Gasteiger partial charge in [0, 0.05) is 19.6 Å². The zero-order valence-corrected chi connectivity index (χ0v) is 10.5. The molecule has 0 saturated carbocycles. The fourth-order valence-electron chi connectivity index (χ4n) is 2.00. The molecule has 16 heavy (non-hydrogen) atoms. The molecule has 1 amide bonds. The molecule has 1 unspecified atom stereocenters. The van der Waals surface area contributed by atoms with Crippen molar-refractivity contribution in [2.45, 2.75) is 25.8 Å². The van der Waals surface area contributed by atoms with Gasteiger partial charge in [0.25, 0.3) is 5.91 Å². The van der Waals surface area contributed by atoms with Crippen molar-refractivity contribution < 1.29 is 4.79 Å². The maximum atomic E-state index is 12.2. The number of rotatable bonds is 2. The lowest BCUT2D eigenvalue weighted by Gasteiger charge is -2.31. The SMILES string of the molecule is Cc1ncsc1C(=O)N(C)C1CCCNC1. The van der Waals surface area contributed by atoms with Crippen molar-refractivity contribution in [2.75, 3.05) is 20.1 Å². The van der Waals surface area contributed by atoms with Crippen LogP contribution in [-0.4, -0.2) is 42.0 Å². The van der Waals surface area contributed by atoms with Crippen molar-refractivity contribution in [2.24, 2.45) is 0 Å². The van der Waals surface area contributed by atoms with Gasteiger partial charge in [0.2, 0.25) is 0 Å². The van der Waals surface area contributed by atoms with Crippen molar-refractivity contribution in [3.05, 3.63) is 16.1 Å². The van der Waals surface area contributed by atoms with E-state index < -0.39 is 0 Å². The lowest BCUT2D eigenvalue weighted by Crippen LogP contribution is -2.46. The largest absolute Gasteiger partial charge is 0.337 e. The first-order valence-electron chi connectivity index (χ1n) is 5.58. The van der Waals surface area contributed by atoms with E-state index in [2.05, 4.69) is 10.3 Å². The Labute approximate surface area is 99.7 Å². The molecule has 1 aliphatic rings. The van der Waals surface area contributed by atoms with Crippen molar-refractivity contribution >= 4 is 17.2 Å². The average molecular weight is 239 g/mol. The highest BCUT2D eigenvalue weighted by molar-refractivity contribution is 7.11. The van der Waals surface area contributed by atoms with Crippen LogP contribution in [0.25, 0.3) is 0 Å². The minimum Gasteiger partial charge on any atom is -0.337 e. The smallest absolute Gasteiger partial charge is 0.265 e. The molecule has 1 atom stereocenters. The summed E-state index contributed by atoms with van der Waals surface area (Å²) < 4.78 is 0. The number of hydrogen-bond donors (Lipinski definition) is 1. The maximum absolute atomic E-state index is 12.2. The topological polar surface area (TPSA) is 45.2 Å². The number of aromatic nitrogens is 1. The van der Waals surface area contributed by atoms with Crippen LogP contribution in [0.3, 0.4) is 0 Å². The van der Waals surface area contributed by atoms with Gasteiger partial charge in [-0.1, -0.05) is 0 Å². The summed E-state index contributed by atoms with van der Waals surface area (Å²) in [7, 11) is 1.89. The molecule has 1 aromatic heterocycles. The molecule has 1 aliphatic heterocycles. The first kappa shape index (κ1) is 11.5. The molecule has 0 radical (unpaired) electrons. The zero-order chi connectivity index (χ0) is 11.5. The molecule has 1 fully saturated rings. The van der Waals surface area contributed by atoms with Crippen molar-refractivity contribution in [1.29, 1.82) is 0 Å². The summed E-state index contributed by atoms with van der Waals surface area (Å²) in [6, 6.07) is 0.322. The molecule has 88 valence electrons. The predicted octanol–water partition coefficient (Wildman–Crippen LogP) is 1.28. The number of carbonyl (C=O) groups excluding carboxylic acids is 1. The molecular weight excluding hydrogens is 222 g/mol. The Morgan fingerprint density at radius 1 is 1.69 bits per heavy atom. The predicted molar refractivity (Wildman–Crippen MR) is 64.8 cm³/mol. The van der Waals surface area contributed by atoms with E-state index in [1.165, 1.54) is 11.3 Å². The van der Waals surface area contributed by atoms with E-state index in [4.69, 9.17) is 0 Å². The third-order valence-corrected chi connectivity index (χ3v) is 4.00. The molecule has 1 aromatic rings. The van der Waals surface area contributed by atoms with Gasteiger partial charge in [0.1, 0.15) is 4.88 Å². The van der Waals surface area contributed by atoms with Crippen LogP contribution >= 0.6 is 11.3 Å². The van der Waals surface area contributed by atoms with Crippen LogP contribution < -0.4 is 5.32 Å². The monoisotopic (exact) mass is 239 g/mol. The summed E-state index contributed by atoms with van der Waals surface area (Å²) in [6.45, 7) is 3.86. The van der Waals surface area contributed by atoms with Gasteiger partial charge in [-0.3, -0.25) is 4.79 Å². The van der Waals surface area contributed by atoms with Gasteiger partial charge in [-0.15, -0.1) is 11.3 Å². The van der Waals surface area contributed by atoms with Gasteiger partial charge < -0.3 is 10.2 Å². The standard InChI is InChI=1S/C11H17N3OS/c1-8-10(16-7-13-8)11(15)14(2)9-4-3-5-12-6-9/h7,9,12H,3-6H2,1-2H3. The third-order valence-electron chi connectivity index (χ3n) is 3.08. The molecule has 1 saturated heterocycles. The normalized spacial score (nSPS) is 20.8. The lowest BCUT2D eigenvalue weighted by molar-refractivity contribution is 0.0712. The van der Waals surface area contributed by atoms with Crippen LogP contribution in [0, 0.1) is 6.92 Å². The van der Waals surface area contributed by atoms with Gasteiger partial charge in [0.05, 0.1) is 11.2 Å². The van der Waals surface area contributed by atoms with E-state index >= 15 is 0 Å². The summed E-state index contributed by atoms with van der Waals surface area (Å²) in [5.74, 6) is 0.105. The van der Waals surface area contributed by atoms with Crippen LogP contribution in [0.4, 0.5) is 0 Å². The number of carbonyl (C=O) groups is 1. The maximum Gasteiger partial charge on any atom is 0.265 e. The van der Waals surface area contributed by atoms with Gasteiger partial charge in [-0.05, 0) is 26.3 Å². The Hall–Kier alpha value is -0.940. The Balaban J connectivity index is 2.06. The first-order valence-corrected chi connectivity index (χ1v) is 6.46. The van der Waals surface area contributed by atoms with Crippen LogP contribution in [-0.2, 0) is 0 Å². The molecule has 0 spiro atoms. The summed E-state index contributed by atoms with van der Waals surface area (Å²) in [5.41, 5.74) is 2.57. The summed E-state index contributed by atoms with van der Waals surface area (Å²) >= 11 is 1.43. The van der Waals surface area contributed by atoms with Crippen LogP contribution in [0.15, 0.2) is 5.51 Å². The fraction of sp³-hybridized carbons (Fsp3) is 0.636. The van der Waals surface area contributed by atoms with Gasteiger partial charge in [-0.2, -0.15) is 0 Å². The molecule has 2 heterocycles. The number of piperidine rings is 1. The number of thiazole rings is 1. The highest BCUT2D eigenvalue weighted by Crippen LogP contribution is 2.17. The molecule has 0 aromatic carbocycles. The van der Waals surface area contributed by atoms with Crippen LogP contribution in [0.2, 0.25) is 0 Å². The number of nitrogens with one attached hydrogen (secondary N) is 1. The number of hydrogen-bond acceptors (Lipinski definition) is 4. The molecular formula is C11H17N3OS. The van der Waals surface area contributed by atoms with E-state index in [1.807, 2.05) is 18.9 Å². The second kappa shape index (κ2) is 4.93. The van der Waals surface area contributed by atoms with E-state index in [0.29, 0.717) is 6.04 Å². The Kier molecular flexibility index (Phi) is 3.56. The molecule has 2 rings (SSSR count). The average Bonchev–Trinajstić information content (AvgIpc) is 2.75. The van der Waals surface area contributed by atoms with E-state index in [9.17, 15) is 4.79 Å². The Morgan fingerprint density at radius 3 is 3.06 bits per heavy atom. The second-order valence-electron chi connectivity index (χ2n) is 4.18. The Morgan fingerprint density at radius 2 is 2.50 bits per heavy atom. The molecule has 0 aliphatic carbocycles. The molecule has 0 bridgehead atoms. The van der Waals surface area contributed by atoms with Gasteiger partial charge in [0.15, 0.2) is 0 Å². The first-order chi connectivity index (χ1) is 7.70. The number of likely N-dealkylation sites (N-methyl/N-ethyl adjacent to an activating group) is 1.